The molecule has 180 valence electrons. The Morgan fingerprint density at radius 2 is 1.94 bits per heavy atom. The number of nitrogens with zero attached hydrogens (tertiary/aromatic N) is 3. The highest BCUT2D eigenvalue weighted by Gasteiger charge is 2.52. The van der Waals surface area contributed by atoms with Crippen LogP contribution in [0.4, 0.5) is 4.39 Å². The molecule has 2 N–H and O–H groups in total. The third-order valence-electron chi connectivity index (χ3n) is 6.46. The number of nitrogens with one attached hydrogen (secondary N) is 1. The van der Waals surface area contributed by atoms with Crippen molar-refractivity contribution in [3.05, 3.63) is 70.7 Å². The third-order valence-corrected chi connectivity index (χ3v) is 6.46. The Kier molecular flexibility index (Phi) is 5.80. The number of hydrogen-bond donors (Lipinski definition) is 2. The second-order valence-corrected chi connectivity index (χ2v) is 8.69. The van der Waals surface area contributed by atoms with Gasteiger partial charge in [-0.15, -0.1) is 4.58 Å². The van der Waals surface area contributed by atoms with Crippen LogP contribution in [-0.2, 0) is 25.5 Å². The van der Waals surface area contributed by atoms with Crippen LogP contribution in [-0.4, -0.2) is 70.0 Å². The molecule has 35 heavy (non-hydrogen) atoms. The number of benzene rings is 1. The first-order chi connectivity index (χ1) is 16.9. The molecule has 10 heteroatoms. The zero-order valence-electron chi connectivity index (χ0n) is 19.1. The molecule has 1 aromatic carbocycles. The first-order valence-corrected chi connectivity index (χ1v) is 11.4. The van der Waals surface area contributed by atoms with Gasteiger partial charge in [-0.2, -0.15) is 0 Å². The van der Waals surface area contributed by atoms with Crippen molar-refractivity contribution in [1.82, 2.24) is 10.2 Å². The number of likely N-dealkylation sites (N-methyl/N-ethyl adjacent to an activating group) is 1. The number of aliphatic imine (C=N–C) groups is 1. The van der Waals surface area contributed by atoms with Crippen molar-refractivity contribution in [3.63, 3.8) is 0 Å². The molecule has 1 fully saturated rings. The van der Waals surface area contributed by atoms with Gasteiger partial charge in [-0.3, -0.25) is 9.59 Å². The molecular weight excluding hydrogens is 455 g/mol. The summed E-state index contributed by atoms with van der Waals surface area (Å²) in [6, 6.07) is 5.94. The van der Waals surface area contributed by atoms with E-state index in [2.05, 4.69) is 10.3 Å². The van der Waals surface area contributed by atoms with E-state index in [0.717, 1.165) is 24.8 Å². The van der Waals surface area contributed by atoms with Crippen LogP contribution in [0.25, 0.3) is 0 Å². The van der Waals surface area contributed by atoms with Crippen LogP contribution in [0.2, 0.25) is 0 Å². The first-order valence-electron chi connectivity index (χ1n) is 11.4. The second-order valence-electron chi connectivity index (χ2n) is 8.69. The van der Waals surface area contributed by atoms with Crippen LogP contribution in [0.1, 0.15) is 24.8 Å². The number of hydrogen-bond acceptors (Lipinski definition) is 6. The van der Waals surface area contributed by atoms with E-state index in [4.69, 9.17) is 4.74 Å². The highest BCUT2D eigenvalue weighted by molar-refractivity contribution is 6.52. The number of likely N-dealkylation sites (tertiary alicyclic amines) is 1. The third kappa shape index (κ3) is 3.94. The molecule has 1 aromatic rings. The molecule has 0 aromatic heterocycles. The van der Waals surface area contributed by atoms with Crippen LogP contribution in [0.3, 0.4) is 0 Å². The Morgan fingerprint density at radius 3 is 2.63 bits per heavy atom. The molecule has 1 atom stereocenters. The van der Waals surface area contributed by atoms with Gasteiger partial charge in [-0.1, -0.05) is 12.1 Å². The number of aliphatic hydroxyl groups is 1. The molecular formula is C25H24FN4O5+. The van der Waals surface area contributed by atoms with Gasteiger partial charge in [0.25, 0.3) is 23.3 Å². The number of piperidine rings is 1. The minimum absolute atomic E-state index is 0.0248. The Hall–Kier alpha value is -4.08. The SMILES string of the molecule is CNC(=O)C1=C(O)C2=NC=C(Cc3ccc(F)cc3)C3OC(C(=O)N4CCCCC4)=C[N+](=C23)C1=O. The summed E-state index contributed by atoms with van der Waals surface area (Å²) in [4.78, 5) is 45.0. The Morgan fingerprint density at radius 1 is 1.23 bits per heavy atom. The highest BCUT2D eigenvalue weighted by Crippen LogP contribution is 2.31. The molecule has 5 rings (SSSR count). The fourth-order valence-electron chi connectivity index (χ4n) is 4.65. The topological polar surface area (TPSA) is 111 Å². The number of allylic oxidation sites excluding steroid dienone is 1. The summed E-state index contributed by atoms with van der Waals surface area (Å²) in [5, 5.41) is 13.1. The van der Waals surface area contributed by atoms with Crippen molar-refractivity contribution < 1.29 is 33.2 Å². The molecule has 1 unspecified atom stereocenters. The fraction of sp³-hybridized carbons (Fsp3) is 0.320. The van der Waals surface area contributed by atoms with Crippen molar-refractivity contribution >= 4 is 29.1 Å². The standard InChI is InChI=1S/C25H23FN4O5/c1-27-23(32)18-21(31)19-20-22(15(12-28-19)11-14-5-7-16(26)8-6-14)35-17(13-30(20)25(18)34)24(33)29-9-3-2-4-10-29/h5-8,12-13,22H,2-4,9-11H2,1H3,(H-,27,31,32,34)/p+1. The van der Waals surface area contributed by atoms with E-state index in [1.54, 1.807) is 17.0 Å². The molecule has 0 radical (unpaired) electrons. The fourth-order valence-corrected chi connectivity index (χ4v) is 4.65. The van der Waals surface area contributed by atoms with Crippen molar-refractivity contribution in [2.75, 3.05) is 20.1 Å². The largest absolute Gasteiger partial charge is 0.504 e. The maximum Gasteiger partial charge on any atom is 0.434 e. The van der Waals surface area contributed by atoms with E-state index in [1.807, 2.05) is 0 Å². The smallest absolute Gasteiger partial charge is 0.434 e. The molecule has 0 saturated carbocycles. The minimum Gasteiger partial charge on any atom is -0.504 e. The van der Waals surface area contributed by atoms with E-state index in [1.165, 1.54) is 36.2 Å². The van der Waals surface area contributed by atoms with Crippen molar-refractivity contribution in [3.8, 4) is 0 Å². The minimum atomic E-state index is -0.904. The van der Waals surface area contributed by atoms with Crippen LogP contribution >= 0.6 is 0 Å². The van der Waals surface area contributed by atoms with Crippen LogP contribution in [0.5, 0.6) is 0 Å². The zero-order chi connectivity index (χ0) is 24.7. The molecule has 0 bridgehead atoms. The van der Waals surface area contributed by atoms with Gasteiger partial charge >= 0.3 is 5.91 Å². The maximum absolute atomic E-state index is 13.4. The monoisotopic (exact) mass is 479 g/mol. The normalized spacial score (nSPS) is 21.5. The van der Waals surface area contributed by atoms with E-state index in [0.29, 0.717) is 25.1 Å². The molecule has 0 spiro atoms. The van der Waals surface area contributed by atoms with Crippen molar-refractivity contribution in [2.45, 2.75) is 31.8 Å². The summed E-state index contributed by atoms with van der Waals surface area (Å²) < 4.78 is 20.7. The number of carbonyl (C=O) groups excluding carboxylic acids is 3. The van der Waals surface area contributed by atoms with Gasteiger partial charge in [-0.05, 0) is 43.4 Å². The lowest BCUT2D eigenvalue weighted by Gasteiger charge is -2.32. The molecule has 4 heterocycles. The van der Waals surface area contributed by atoms with E-state index in [-0.39, 0.29) is 28.9 Å². The van der Waals surface area contributed by atoms with Gasteiger partial charge in [0, 0.05) is 31.9 Å². The lowest BCUT2D eigenvalue weighted by Crippen LogP contribution is -2.52. The second kappa shape index (κ2) is 8.94. The van der Waals surface area contributed by atoms with Gasteiger partial charge in [0.05, 0.1) is 0 Å². The van der Waals surface area contributed by atoms with Crippen LogP contribution in [0, 0.1) is 5.82 Å². The molecule has 4 aliphatic heterocycles. The number of rotatable bonds is 4. The Labute approximate surface area is 200 Å². The Balaban J connectivity index is 1.60. The quantitative estimate of drug-likeness (QED) is 0.503. The van der Waals surface area contributed by atoms with Crippen LogP contribution < -0.4 is 5.32 Å². The van der Waals surface area contributed by atoms with E-state index in [9.17, 15) is 23.9 Å². The Bertz CT molecular complexity index is 1280. The predicted octanol–water partition coefficient (Wildman–Crippen LogP) is 1.51. The number of ether oxygens (including phenoxy) is 1. The van der Waals surface area contributed by atoms with Gasteiger partial charge < -0.3 is 20.1 Å². The molecule has 9 nitrogen and oxygen atoms in total. The summed E-state index contributed by atoms with van der Waals surface area (Å²) in [5.41, 5.74) is 1.18. The number of aliphatic hydroxyl groups excluding tert-OH is 1. The number of carbonyl (C=O) groups is 3. The summed E-state index contributed by atoms with van der Waals surface area (Å²) >= 11 is 0. The maximum atomic E-state index is 13.4. The highest BCUT2D eigenvalue weighted by atomic mass is 19.1. The van der Waals surface area contributed by atoms with E-state index >= 15 is 0 Å². The van der Waals surface area contributed by atoms with E-state index < -0.39 is 29.3 Å². The summed E-state index contributed by atoms with van der Waals surface area (Å²) in [6.45, 7) is 1.17. The van der Waals surface area contributed by atoms with Gasteiger partial charge in [0.2, 0.25) is 12.3 Å². The summed E-state index contributed by atoms with van der Waals surface area (Å²) in [5.74, 6) is -2.84. The van der Waals surface area contributed by atoms with Crippen molar-refractivity contribution in [2.24, 2.45) is 4.99 Å². The van der Waals surface area contributed by atoms with Gasteiger partial charge in [0.1, 0.15) is 5.82 Å². The molecule has 0 aliphatic carbocycles. The zero-order valence-corrected chi connectivity index (χ0v) is 19.1. The molecule has 1 saturated heterocycles. The predicted molar refractivity (Wildman–Crippen MR) is 123 cm³/mol. The average Bonchev–Trinajstić information content (AvgIpc) is 2.88. The van der Waals surface area contributed by atoms with Crippen molar-refractivity contribution in [1.29, 1.82) is 0 Å². The first kappa shape index (κ1) is 22.7. The summed E-state index contributed by atoms with van der Waals surface area (Å²) in [7, 11) is 1.35. The molecule has 4 aliphatic rings. The molecule has 3 amide bonds. The number of halogens is 1. The van der Waals surface area contributed by atoms with Gasteiger partial charge in [-0.25, -0.2) is 14.2 Å². The lowest BCUT2D eigenvalue weighted by atomic mass is 9.89. The summed E-state index contributed by atoms with van der Waals surface area (Å²) in [6.07, 6.45) is 4.98. The lowest BCUT2D eigenvalue weighted by molar-refractivity contribution is -0.385. The average molecular weight is 479 g/mol. The van der Waals surface area contributed by atoms with Gasteiger partial charge in [0.15, 0.2) is 17.0 Å². The van der Waals surface area contributed by atoms with Crippen LogP contribution in [0.15, 0.2) is 64.3 Å². The number of amides is 3.